The van der Waals surface area contributed by atoms with E-state index in [2.05, 4.69) is 139 Å². The average molecular weight is 477 g/mol. The van der Waals surface area contributed by atoms with Gasteiger partial charge in [0.15, 0.2) is 0 Å². The van der Waals surface area contributed by atoms with Crippen molar-refractivity contribution in [3.63, 3.8) is 0 Å². The highest BCUT2D eigenvalue weighted by atomic mass is 32.3. The van der Waals surface area contributed by atoms with Crippen molar-refractivity contribution in [2.45, 2.75) is 58.3 Å². The first-order valence-corrected chi connectivity index (χ1v) is 15.1. The molecule has 0 unspecified atom stereocenters. The molecule has 3 aromatic rings. The van der Waals surface area contributed by atoms with Crippen molar-refractivity contribution in [3.8, 4) is 0 Å². The van der Waals surface area contributed by atoms with Crippen molar-refractivity contribution >= 4 is 32.8 Å². The highest BCUT2D eigenvalue weighted by Gasteiger charge is 2.24. The molecule has 0 atom stereocenters. The van der Waals surface area contributed by atoms with Crippen molar-refractivity contribution in [2.24, 2.45) is 0 Å². The summed E-state index contributed by atoms with van der Waals surface area (Å²) >= 11 is 0. The largest absolute Gasteiger partial charge is 0.344 e. The molecule has 34 heavy (non-hydrogen) atoms. The third-order valence-corrected chi connectivity index (χ3v) is 10.2. The Morgan fingerprint density at radius 2 is 1.12 bits per heavy atom. The fourth-order valence-electron chi connectivity index (χ4n) is 4.48. The quantitative estimate of drug-likeness (QED) is 0.320. The number of anilines is 4. The SMILES string of the molecule is CCS(C)(C)c1ccc(N(C)c2ccc(C(C)C)cc2)c(C)c1N(C)c1ccc(C(C)C)cc1. The first-order valence-electron chi connectivity index (χ1n) is 12.5. The van der Waals surface area contributed by atoms with Crippen LogP contribution in [0.2, 0.25) is 0 Å². The fourth-order valence-corrected chi connectivity index (χ4v) is 6.04. The zero-order chi connectivity index (χ0) is 25.2. The Hall–Kier alpha value is -2.39. The van der Waals surface area contributed by atoms with Gasteiger partial charge in [-0.2, -0.15) is 0 Å². The van der Waals surface area contributed by atoms with Gasteiger partial charge in [0.05, 0.1) is 5.69 Å². The predicted octanol–water partition coefficient (Wildman–Crippen LogP) is 9.22. The second-order valence-electron chi connectivity index (χ2n) is 10.5. The Morgan fingerprint density at radius 3 is 1.53 bits per heavy atom. The summed E-state index contributed by atoms with van der Waals surface area (Å²) in [6.07, 6.45) is 4.88. The van der Waals surface area contributed by atoms with Gasteiger partial charge in [0.25, 0.3) is 0 Å². The van der Waals surface area contributed by atoms with Gasteiger partial charge in [-0.1, -0.05) is 58.9 Å². The third kappa shape index (κ3) is 5.30. The van der Waals surface area contributed by atoms with E-state index >= 15 is 0 Å². The average Bonchev–Trinajstić information content (AvgIpc) is 2.83. The van der Waals surface area contributed by atoms with Crippen LogP contribution in [0, 0.1) is 6.92 Å². The van der Waals surface area contributed by atoms with E-state index < -0.39 is 10.0 Å². The zero-order valence-electron chi connectivity index (χ0n) is 22.9. The van der Waals surface area contributed by atoms with Gasteiger partial charge >= 0.3 is 0 Å². The van der Waals surface area contributed by atoms with E-state index in [0.717, 1.165) is 0 Å². The molecule has 0 N–H and O–H groups in total. The monoisotopic (exact) mass is 476 g/mol. The summed E-state index contributed by atoms with van der Waals surface area (Å²) in [7, 11) is 3.50. The van der Waals surface area contributed by atoms with Crippen LogP contribution < -0.4 is 9.80 Å². The minimum absolute atomic E-state index is 0.541. The van der Waals surface area contributed by atoms with E-state index in [9.17, 15) is 0 Å². The highest BCUT2D eigenvalue weighted by molar-refractivity contribution is 8.32. The fraction of sp³-hybridized carbons (Fsp3) is 0.419. The maximum Gasteiger partial charge on any atom is 0.0581 e. The molecule has 0 saturated heterocycles. The standard InChI is InChI=1S/C31H44N2S/c1-11-34(9,10)30-21-20-29(32(7)27-16-12-25(13-17-27)22(2)3)24(6)31(30)33(8)28-18-14-26(15-19-28)23(4)5/h12-23H,11H2,1-10H3. The predicted molar refractivity (Wildman–Crippen MR) is 157 cm³/mol. The van der Waals surface area contributed by atoms with Crippen molar-refractivity contribution < 1.29 is 0 Å². The smallest absolute Gasteiger partial charge is 0.0581 e. The lowest BCUT2D eigenvalue weighted by Gasteiger charge is -2.37. The first-order chi connectivity index (χ1) is 16.0. The molecule has 0 fully saturated rings. The maximum absolute atomic E-state index is 2.44. The maximum atomic E-state index is 2.44. The summed E-state index contributed by atoms with van der Waals surface area (Å²) in [6, 6.07) is 22.8. The zero-order valence-corrected chi connectivity index (χ0v) is 23.8. The van der Waals surface area contributed by atoms with Crippen molar-refractivity contribution in [3.05, 3.63) is 77.4 Å². The van der Waals surface area contributed by atoms with Gasteiger partial charge < -0.3 is 9.80 Å². The van der Waals surface area contributed by atoms with E-state index in [1.165, 1.54) is 50.1 Å². The number of hydrogen-bond donors (Lipinski definition) is 0. The number of nitrogens with zero attached hydrogens (tertiary/aromatic N) is 2. The molecule has 0 aromatic heterocycles. The second-order valence-corrected chi connectivity index (χ2v) is 14.6. The van der Waals surface area contributed by atoms with Gasteiger partial charge in [-0.3, -0.25) is 0 Å². The molecule has 184 valence electrons. The van der Waals surface area contributed by atoms with Gasteiger partial charge in [-0.25, -0.2) is 10.0 Å². The topological polar surface area (TPSA) is 6.48 Å². The molecule has 3 heteroatoms. The molecule has 0 spiro atoms. The number of benzene rings is 3. The molecule has 3 rings (SSSR count). The van der Waals surface area contributed by atoms with Gasteiger partial charge in [0.1, 0.15) is 0 Å². The van der Waals surface area contributed by atoms with Crippen molar-refractivity contribution in [1.82, 2.24) is 0 Å². The van der Waals surface area contributed by atoms with Crippen LogP contribution >= 0.6 is 10.0 Å². The molecular formula is C31H44N2S. The molecule has 0 amide bonds. The molecule has 0 saturated carbocycles. The van der Waals surface area contributed by atoms with Crippen LogP contribution in [0.25, 0.3) is 0 Å². The molecule has 2 nitrogen and oxygen atoms in total. The number of hydrogen-bond acceptors (Lipinski definition) is 2. The summed E-state index contributed by atoms with van der Waals surface area (Å²) in [5.74, 6) is 2.26. The molecule has 0 aliphatic carbocycles. The second kappa shape index (κ2) is 10.5. The van der Waals surface area contributed by atoms with Crippen molar-refractivity contribution in [1.29, 1.82) is 0 Å². The Kier molecular flexibility index (Phi) is 8.08. The normalized spacial score (nSPS) is 12.4. The van der Waals surface area contributed by atoms with E-state index in [0.29, 0.717) is 11.8 Å². The lowest BCUT2D eigenvalue weighted by atomic mass is 10.0. The Labute approximate surface area is 210 Å². The minimum atomic E-state index is -0.908. The first kappa shape index (κ1) is 26.2. The van der Waals surface area contributed by atoms with Crippen molar-refractivity contribution in [2.75, 3.05) is 42.2 Å². The Morgan fingerprint density at radius 1 is 0.676 bits per heavy atom. The molecule has 0 bridgehead atoms. The molecule has 0 radical (unpaired) electrons. The molecule has 0 aliphatic heterocycles. The van der Waals surface area contributed by atoms with Crippen LogP contribution in [-0.2, 0) is 0 Å². The molecule has 3 aromatic carbocycles. The van der Waals surface area contributed by atoms with E-state index in [-0.39, 0.29) is 0 Å². The highest BCUT2D eigenvalue weighted by Crippen LogP contribution is 2.55. The van der Waals surface area contributed by atoms with Crippen LogP contribution in [0.4, 0.5) is 22.7 Å². The third-order valence-electron chi connectivity index (χ3n) is 7.27. The summed E-state index contributed by atoms with van der Waals surface area (Å²) in [4.78, 5) is 6.21. The Bertz CT molecular complexity index is 1100. The summed E-state index contributed by atoms with van der Waals surface area (Å²) in [5.41, 5.74) is 9.15. The van der Waals surface area contributed by atoms with Gasteiger partial charge in [-0.05, 0) is 90.1 Å². The van der Waals surface area contributed by atoms with Gasteiger partial charge in [-0.15, -0.1) is 0 Å². The van der Waals surface area contributed by atoms with Crippen LogP contribution in [0.15, 0.2) is 65.6 Å². The summed E-state index contributed by atoms with van der Waals surface area (Å²) in [5, 5.41) is 0. The number of rotatable bonds is 8. The lowest BCUT2D eigenvalue weighted by molar-refractivity contribution is 0.866. The lowest BCUT2D eigenvalue weighted by Crippen LogP contribution is -2.18. The van der Waals surface area contributed by atoms with Crippen LogP contribution in [0.1, 0.15) is 63.1 Å². The summed E-state index contributed by atoms with van der Waals surface area (Å²) in [6.45, 7) is 13.6. The van der Waals surface area contributed by atoms with E-state index in [1.807, 2.05) is 0 Å². The van der Waals surface area contributed by atoms with Gasteiger partial charge in [0, 0.05) is 36.1 Å². The summed E-state index contributed by atoms with van der Waals surface area (Å²) < 4.78 is 0. The molecular weight excluding hydrogens is 432 g/mol. The van der Waals surface area contributed by atoms with E-state index in [4.69, 9.17) is 0 Å². The molecule has 0 heterocycles. The van der Waals surface area contributed by atoms with Gasteiger partial charge in [0.2, 0.25) is 0 Å². The minimum Gasteiger partial charge on any atom is -0.344 e. The van der Waals surface area contributed by atoms with Crippen LogP contribution in [0.3, 0.4) is 0 Å². The van der Waals surface area contributed by atoms with Crippen LogP contribution in [0.5, 0.6) is 0 Å². The van der Waals surface area contributed by atoms with E-state index in [1.54, 1.807) is 0 Å². The molecule has 0 aliphatic rings. The Balaban J connectivity index is 2.11. The van der Waals surface area contributed by atoms with Crippen LogP contribution in [-0.4, -0.2) is 32.4 Å².